The van der Waals surface area contributed by atoms with Crippen molar-refractivity contribution < 1.29 is 14.6 Å². The molecule has 22 heavy (non-hydrogen) atoms. The number of carboxylic acids is 1. The fourth-order valence-corrected chi connectivity index (χ4v) is 3.53. The van der Waals surface area contributed by atoms with Crippen LogP contribution >= 0.6 is 22.9 Å². The Kier molecular flexibility index (Phi) is 4.66. The van der Waals surface area contributed by atoms with E-state index in [0.717, 1.165) is 29.7 Å². The fraction of sp³-hybridized carbons (Fsp3) is 0.312. The summed E-state index contributed by atoms with van der Waals surface area (Å²) in [4.78, 5) is 12.7. The highest BCUT2D eigenvalue weighted by Crippen LogP contribution is 2.36. The predicted molar refractivity (Wildman–Crippen MR) is 88.9 cm³/mol. The normalized spacial score (nSPS) is 18.1. The van der Waals surface area contributed by atoms with Crippen molar-refractivity contribution in [2.45, 2.75) is 25.5 Å². The predicted octanol–water partition coefficient (Wildman–Crippen LogP) is 4.71. The van der Waals surface area contributed by atoms with E-state index < -0.39 is 5.97 Å². The average molecular weight is 338 g/mol. The molecule has 116 valence electrons. The highest BCUT2D eigenvalue weighted by Gasteiger charge is 2.20. The quantitative estimate of drug-likeness (QED) is 0.848. The van der Waals surface area contributed by atoms with Gasteiger partial charge in [0, 0.05) is 16.5 Å². The van der Waals surface area contributed by atoms with Crippen molar-refractivity contribution in [1.82, 2.24) is 0 Å². The molecule has 4 nitrogen and oxygen atoms in total. The van der Waals surface area contributed by atoms with E-state index in [-0.39, 0.29) is 6.23 Å². The maximum atomic E-state index is 11.5. The summed E-state index contributed by atoms with van der Waals surface area (Å²) >= 11 is 7.15. The van der Waals surface area contributed by atoms with Crippen molar-refractivity contribution >= 4 is 34.6 Å². The fourth-order valence-electron chi connectivity index (χ4n) is 2.44. The molecule has 1 aliphatic heterocycles. The molecule has 2 aromatic rings. The van der Waals surface area contributed by atoms with Gasteiger partial charge in [-0.3, -0.25) is 0 Å². The Morgan fingerprint density at radius 1 is 1.32 bits per heavy atom. The summed E-state index contributed by atoms with van der Waals surface area (Å²) in [5, 5.41) is 13.3. The maximum absolute atomic E-state index is 11.5. The van der Waals surface area contributed by atoms with E-state index in [0.29, 0.717) is 22.2 Å². The van der Waals surface area contributed by atoms with Gasteiger partial charge in [0.1, 0.15) is 11.1 Å². The van der Waals surface area contributed by atoms with Gasteiger partial charge < -0.3 is 15.2 Å². The van der Waals surface area contributed by atoms with Gasteiger partial charge in [-0.2, -0.15) is 0 Å². The van der Waals surface area contributed by atoms with Crippen LogP contribution < -0.4 is 5.32 Å². The SMILES string of the molecule is O=C(O)c1sc(-c2ccc(Cl)cc2)cc1NC1CCCCO1. The molecule has 0 aliphatic carbocycles. The average Bonchev–Trinajstić information content (AvgIpc) is 2.93. The van der Waals surface area contributed by atoms with E-state index in [1.165, 1.54) is 11.3 Å². The van der Waals surface area contributed by atoms with E-state index in [1.54, 1.807) is 12.1 Å². The second-order valence-electron chi connectivity index (χ2n) is 5.17. The number of ether oxygens (including phenoxy) is 1. The molecular weight excluding hydrogens is 322 g/mol. The summed E-state index contributed by atoms with van der Waals surface area (Å²) in [6.45, 7) is 0.717. The van der Waals surface area contributed by atoms with Gasteiger partial charge in [0.05, 0.1) is 5.69 Å². The van der Waals surface area contributed by atoms with Crippen molar-refractivity contribution in [2.24, 2.45) is 0 Å². The van der Waals surface area contributed by atoms with E-state index in [2.05, 4.69) is 5.32 Å². The molecule has 1 fully saturated rings. The Morgan fingerprint density at radius 3 is 2.73 bits per heavy atom. The van der Waals surface area contributed by atoms with Crippen molar-refractivity contribution in [3.63, 3.8) is 0 Å². The molecule has 0 radical (unpaired) electrons. The van der Waals surface area contributed by atoms with Crippen LogP contribution in [0.5, 0.6) is 0 Å². The number of rotatable bonds is 4. The maximum Gasteiger partial charge on any atom is 0.348 e. The molecular formula is C16H16ClNO3S. The van der Waals surface area contributed by atoms with Gasteiger partial charge in [-0.25, -0.2) is 4.79 Å². The molecule has 0 amide bonds. The summed E-state index contributed by atoms with van der Waals surface area (Å²) in [7, 11) is 0. The molecule has 6 heteroatoms. The lowest BCUT2D eigenvalue weighted by Crippen LogP contribution is -2.27. The molecule has 2 N–H and O–H groups in total. The summed E-state index contributed by atoms with van der Waals surface area (Å²) in [6.07, 6.45) is 2.93. The zero-order chi connectivity index (χ0) is 15.5. The highest BCUT2D eigenvalue weighted by molar-refractivity contribution is 7.18. The number of nitrogens with one attached hydrogen (secondary N) is 1. The van der Waals surface area contributed by atoms with E-state index >= 15 is 0 Å². The molecule has 0 spiro atoms. The Morgan fingerprint density at radius 2 is 2.09 bits per heavy atom. The third-order valence-electron chi connectivity index (χ3n) is 3.55. The van der Waals surface area contributed by atoms with Gasteiger partial charge in [-0.05, 0) is 43.0 Å². The first-order valence-electron chi connectivity index (χ1n) is 7.14. The van der Waals surface area contributed by atoms with Crippen molar-refractivity contribution in [2.75, 3.05) is 11.9 Å². The van der Waals surface area contributed by atoms with Gasteiger partial charge in [0.15, 0.2) is 0 Å². The molecule has 1 aromatic heterocycles. The summed E-state index contributed by atoms with van der Waals surface area (Å²) in [5.41, 5.74) is 1.57. The minimum Gasteiger partial charge on any atom is -0.477 e. The number of anilines is 1. The number of hydrogen-bond acceptors (Lipinski definition) is 4. The van der Waals surface area contributed by atoms with Crippen LogP contribution in [0.2, 0.25) is 5.02 Å². The zero-order valence-electron chi connectivity index (χ0n) is 11.8. The van der Waals surface area contributed by atoms with Gasteiger partial charge in [-0.1, -0.05) is 23.7 Å². The number of halogens is 1. The summed E-state index contributed by atoms with van der Waals surface area (Å²) in [5.74, 6) is -0.927. The Balaban J connectivity index is 1.88. The van der Waals surface area contributed by atoms with Crippen molar-refractivity contribution in [3.8, 4) is 10.4 Å². The molecule has 0 saturated carbocycles. The number of benzene rings is 1. The number of carbonyl (C=O) groups is 1. The minimum absolute atomic E-state index is 0.112. The van der Waals surface area contributed by atoms with Gasteiger partial charge in [0.25, 0.3) is 0 Å². The minimum atomic E-state index is -0.927. The Hall–Kier alpha value is -1.56. The van der Waals surface area contributed by atoms with Gasteiger partial charge in [-0.15, -0.1) is 11.3 Å². The van der Waals surface area contributed by atoms with E-state index in [4.69, 9.17) is 16.3 Å². The lowest BCUT2D eigenvalue weighted by Gasteiger charge is -2.24. The highest BCUT2D eigenvalue weighted by atomic mass is 35.5. The van der Waals surface area contributed by atoms with E-state index in [1.807, 2.05) is 18.2 Å². The topological polar surface area (TPSA) is 58.6 Å². The molecule has 1 aromatic carbocycles. The standard InChI is InChI=1S/C16H16ClNO3S/c17-11-6-4-10(5-7-11)13-9-12(15(22-13)16(19)20)18-14-3-1-2-8-21-14/h4-7,9,14,18H,1-3,8H2,(H,19,20). The Bertz CT molecular complexity index is 663. The van der Waals surface area contributed by atoms with Gasteiger partial charge in [0.2, 0.25) is 0 Å². The second-order valence-corrected chi connectivity index (χ2v) is 6.65. The monoisotopic (exact) mass is 337 g/mol. The van der Waals surface area contributed by atoms with Crippen LogP contribution in [0.1, 0.15) is 28.9 Å². The molecule has 0 bridgehead atoms. The number of thiophene rings is 1. The molecule has 1 saturated heterocycles. The molecule has 1 atom stereocenters. The lowest BCUT2D eigenvalue weighted by atomic mass is 10.1. The van der Waals surface area contributed by atoms with Crippen LogP contribution in [0.4, 0.5) is 5.69 Å². The van der Waals surface area contributed by atoms with Crippen molar-refractivity contribution in [3.05, 3.63) is 40.2 Å². The first kappa shape index (κ1) is 15.3. The lowest BCUT2D eigenvalue weighted by molar-refractivity contribution is 0.0343. The van der Waals surface area contributed by atoms with Crippen LogP contribution in [0, 0.1) is 0 Å². The molecule has 1 aliphatic rings. The van der Waals surface area contributed by atoms with Crippen LogP contribution in [0.25, 0.3) is 10.4 Å². The third-order valence-corrected chi connectivity index (χ3v) is 4.98. The molecule has 2 heterocycles. The van der Waals surface area contributed by atoms with Crippen LogP contribution in [-0.2, 0) is 4.74 Å². The largest absolute Gasteiger partial charge is 0.477 e. The smallest absolute Gasteiger partial charge is 0.348 e. The zero-order valence-corrected chi connectivity index (χ0v) is 13.4. The summed E-state index contributed by atoms with van der Waals surface area (Å²) < 4.78 is 5.63. The van der Waals surface area contributed by atoms with E-state index in [9.17, 15) is 9.90 Å². The third kappa shape index (κ3) is 3.43. The number of hydrogen-bond donors (Lipinski definition) is 2. The van der Waals surface area contributed by atoms with Gasteiger partial charge >= 0.3 is 5.97 Å². The van der Waals surface area contributed by atoms with Crippen LogP contribution in [0.3, 0.4) is 0 Å². The summed E-state index contributed by atoms with van der Waals surface area (Å²) in [6, 6.07) is 9.25. The first-order chi connectivity index (χ1) is 10.6. The van der Waals surface area contributed by atoms with Crippen LogP contribution in [0.15, 0.2) is 30.3 Å². The molecule has 3 rings (SSSR count). The first-order valence-corrected chi connectivity index (χ1v) is 8.34. The second kappa shape index (κ2) is 6.69. The van der Waals surface area contributed by atoms with Crippen molar-refractivity contribution in [1.29, 1.82) is 0 Å². The molecule has 1 unspecified atom stereocenters. The number of aromatic carboxylic acids is 1. The van der Waals surface area contributed by atoms with Crippen LogP contribution in [-0.4, -0.2) is 23.9 Å². The Labute approximate surface area is 137 Å². The number of carboxylic acid groups (broad SMARTS) is 1.